The maximum absolute atomic E-state index is 16.1. The van der Waals surface area contributed by atoms with Crippen molar-refractivity contribution in [3.05, 3.63) is 98.1 Å². The molecular weight excluding hydrogens is 965 g/mol. The minimum Gasteiger partial charge on any atom is -0.507 e. The fourth-order valence-electron chi connectivity index (χ4n) is 14.6. The number of aromatic hydroxyl groups is 1. The van der Waals surface area contributed by atoms with E-state index in [1.807, 2.05) is 25.1 Å². The average Bonchev–Trinajstić information content (AvgIpc) is 3.59. The summed E-state index contributed by atoms with van der Waals surface area (Å²) in [5, 5.41) is 79.6. The zero-order valence-electron chi connectivity index (χ0n) is 44.7. The minimum atomic E-state index is -1.64. The number of fused-ring (bicyclic) bond motifs is 8. The normalized spacial score (nSPS) is 31.1. The lowest BCUT2D eigenvalue weighted by Gasteiger charge is -2.56. The Kier molecular flexibility index (Phi) is 15.9. The number of phenols is 1. The molecule has 11 bridgehead atoms. The summed E-state index contributed by atoms with van der Waals surface area (Å²) in [6.07, 6.45) is 3.82. The molecule has 3 heterocycles. The van der Waals surface area contributed by atoms with Gasteiger partial charge in [-0.1, -0.05) is 68.7 Å². The zero-order valence-corrected chi connectivity index (χ0v) is 44.7. The summed E-state index contributed by atoms with van der Waals surface area (Å²) in [7, 11) is 3.17. The standard InChI is InChI=1S/C62H78N2O12/c1-5-43-16-18-45-48-22-34-11-12-35-15-17-46(52(66)28-39(35)21-34)49-26-37(40-23-41(53(67)31-63-3)25-44(24-40)64-33-61(2,72)54(68)32-74-4)13-14-38-30-56(69)76-59-47(38)27-42(58(70)57(59)36-9-7-6-8-10-36)29-55(75-60(49)71)62(43,73)50(45)19-20-51(48)65/h11-12,21,23-25,27,36-38,43,45,48,50,52-55,63-64,66-68,70,72-73H,5-10,15-20,22,26,28-33H2,1-4H3/b49-46-/t37-,38-,43+,45+,48+,50-,52-,53-,54+,55+,61+,62-/m0/s1. The summed E-state index contributed by atoms with van der Waals surface area (Å²) in [5.41, 5.74) is 3.65. The quantitative estimate of drug-likeness (QED) is 0.0517. The van der Waals surface area contributed by atoms with Crippen molar-refractivity contribution in [2.75, 3.05) is 39.2 Å². The number of aliphatic hydroxyl groups is 5. The largest absolute Gasteiger partial charge is 0.507 e. The molecule has 3 aromatic rings. The molecule has 4 aliphatic carbocycles. The van der Waals surface area contributed by atoms with E-state index in [0.717, 1.165) is 55.2 Å². The van der Waals surface area contributed by atoms with Crippen LogP contribution in [-0.2, 0) is 49.5 Å². The first-order valence-electron chi connectivity index (χ1n) is 28.2. The SMILES string of the molecule is CC[C@@H]1CC[C@@H]2[C@H]3Cc4ccc5c(c4)C[C@H](O)/C(=C4/C[C@@H](c6cc(NC[C@@](C)(O)[C@H](O)COC)cc([C@@H](O)CNC)c6)C#C[C@H]6CC(=O)Oc7c6cc(c(O)c7C6CCCCC6)C[C@@H](OC4=O)[C@@]1(O)[C@H]2CCC3=O)CC5. The van der Waals surface area contributed by atoms with E-state index in [1.165, 1.54) is 14.0 Å². The van der Waals surface area contributed by atoms with Crippen molar-refractivity contribution in [1.29, 1.82) is 0 Å². The number of likely N-dealkylation sites (N-methyl/N-ethyl adjacent to an activating group) is 1. The van der Waals surface area contributed by atoms with E-state index in [0.29, 0.717) is 83.4 Å². The van der Waals surface area contributed by atoms with Gasteiger partial charge in [-0.3, -0.25) is 9.59 Å². The molecule has 0 spiro atoms. The lowest BCUT2D eigenvalue weighted by atomic mass is 9.53. The van der Waals surface area contributed by atoms with E-state index in [1.54, 1.807) is 13.1 Å². The highest BCUT2D eigenvalue weighted by Gasteiger charge is 2.59. The Bertz CT molecular complexity index is 2800. The molecule has 76 heavy (non-hydrogen) atoms. The maximum Gasteiger partial charge on any atom is 0.334 e. The number of aryl methyl sites for hydroxylation is 1. The number of carbonyl (C=O) groups excluding carboxylic acids is 3. The van der Waals surface area contributed by atoms with Crippen molar-refractivity contribution in [2.45, 2.75) is 176 Å². The van der Waals surface area contributed by atoms with Crippen LogP contribution in [0.1, 0.15) is 166 Å². The summed E-state index contributed by atoms with van der Waals surface area (Å²) in [6.45, 7) is 3.53. The van der Waals surface area contributed by atoms with Gasteiger partial charge in [0, 0.05) is 73.7 Å². The van der Waals surface area contributed by atoms with Gasteiger partial charge >= 0.3 is 11.9 Å². The first-order valence-corrected chi connectivity index (χ1v) is 28.2. The smallest absolute Gasteiger partial charge is 0.334 e. The number of aliphatic hydroxyl groups excluding tert-OH is 3. The highest BCUT2D eigenvalue weighted by molar-refractivity contribution is 5.90. The number of phenolic OH excluding ortho intramolecular Hbond substituents is 1. The second-order valence-corrected chi connectivity index (χ2v) is 23.6. The van der Waals surface area contributed by atoms with Crippen LogP contribution in [-0.4, -0.2) is 112 Å². The van der Waals surface area contributed by atoms with Crippen LogP contribution in [0.4, 0.5) is 5.69 Å². The van der Waals surface area contributed by atoms with Crippen LogP contribution in [0.15, 0.2) is 53.6 Å². The van der Waals surface area contributed by atoms with Crippen molar-refractivity contribution in [1.82, 2.24) is 5.32 Å². The summed E-state index contributed by atoms with van der Waals surface area (Å²) in [5.74, 6) is 3.31. The molecule has 3 aliphatic heterocycles. The maximum atomic E-state index is 16.1. The number of hydrogen-bond donors (Lipinski definition) is 8. The average molecular weight is 1040 g/mol. The fraction of sp³-hybridized carbons (Fsp3) is 0.597. The van der Waals surface area contributed by atoms with Crippen LogP contribution in [0.2, 0.25) is 0 Å². The Morgan fingerprint density at radius 3 is 2.43 bits per heavy atom. The molecular formula is C62H78N2O12. The third kappa shape index (κ3) is 10.5. The summed E-state index contributed by atoms with van der Waals surface area (Å²) < 4.78 is 18.4. The molecule has 0 unspecified atom stereocenters. The molecule has 3 aromatic carbocycles. The van der Waals surface area contributed by atoms with Crippen molar-refractivity contribution < 1.29 is 59.2 Å². The van der Waals surface area contributed by atoms with Crippen LogP contribution in [0.3, 0.4) is 0 Å². The molecule has 408 valence electrons. The van der Waals surface area contributed by atoms with Crippen molar-refractivity contribution >= 4 is 23.4 Å². The third-order valence-electron chi connectivity index (χ3n) is 18.8. The third-order valence-corrected chi connectivity index (χ3v) is 18.8. The van der Waals surface area contributed by atoms with Crippen LogP contribution < -0.4 is 15.4 Å². The van der Waals surface area contributed by atoms with Crippen LogP contribution in [0.5, 0.6) is 11.5 Å². The number of nitrogens with one attached hydrogen (secondary N) is 2. The second kappa shape index (κ2) is 22.3. The summed E-state index contributed by atoms with van der Waals surface area (Å²) in [4.78, 5) is 44.2. The van der Waals surface area contributed by atoms with E-state index in [4.69, 9.17) is 14.2 Å². The van der Waals surface area contributed by atoms with Gasteiger partial charge in [-0.25, -0.2) is 4.79 Å². The molecule has 0 aromatic heterocycles. The number of carbonyl (C=O) groups is 3. The van der Waals surface area contributed by atoms with E-state index in [9.17, 15) is 40.2 Å². The first kappa shape index (κ1) is 54.3. The van der Waals surface area contributed by atoms with Gasteiger partial charge in [-0.2, -0.15) is 0 Å². The molecule has 3 saturated carbocycles. The van der Waals surface area contributed by atoms with Gasteiger partial charge in [0.2, 0.25) is 0 Å². The number of ketones is 1. The number of hydrogen-bond acceptors (Lipinski definition) is 14. The predicted octanol–water partition coefficient (Wildman–Crippen LogP) is 7.07. The lowest BCUT2D eigenvalue weighted by Crippen LogP contribution is -2.63. The highest BCUT2D eigenvalue weighted by atomic mass is 16.6. The fourth-order valence-corrected chi connectivity index (χ4v) is 14.6. The predicted molar refractivity (Wildman–Crippen MR) is 286 cm³/mol. The number of rotatable bonds is 12. The number of Topliss-reactive ketones (excluding diaryl/α,β-unsaturated/α-hetero) is 1. The van der Waals surface area contributed by atoms with Gasteiger partial charge in [-0.15, -0.1) is 0 Å². The summed E-state index contributed by atoms with van der Waals surface area (Å²) in [6, 6.07) is 13.6. The van der Waals surface area contributed by atoms with Gasteiger partial charge in [0.05, 0.1) is 31.2 Å². The molecule has 7 aliphatic rings. The first-order chi connectivity index (χ1) is 36.5. The Labute approximate surface area is 447 Å². The zero-order chi connectivity index (χ0) is 53.6. The molecule has 0 saturated heterocycles. The van der Waals surface area contributed by atoms with Crippen molar-refractivity contribution in [2.24, 2.45) is 23.7 Å². The molecule has 3 fully saturated rings. The van der Waals surface area contributed by atoms with Crippen LogP contribution >= 0.6 is 0 Å². The molecule has 10 rings (SSSR count). The van der Waals surface area contributed by atoms with Crippen molar-refractivity contribution in [3.63, 3.8) is 0 Å². The topological polar surface area (TPSA) is 224 Å². The van der Waals surface area contributed by atoms with Gasteiger partial charge < -0.3 is 55.5 Å². The molecule has 0 amide bonds. The molecule has 14 heteroatoms. The highest BCUT2D eigenvalue weighted by Crippen LogP contribution is 2.56. The van der Waals surface area contributed by atoms with E-state index < -0.39 is 65.3 Å². The number of anilines is 1. The van der Waals surface area contributed by atoms with E-state index >= 15 is 4.79 Å². The van der Waals surface area contributed by atoms with E-state index in [2.05, 4.69) is 40.7 Å². The molecule has 14 nitrogen and oxygen atoms in total. The molecule has 12 atom stereocenters. The van der Waals surface area contributed by atoms with Gasteiger partial charge in [0.1, 0.15) is 40.7 Å². The lowest BCUT2D eigenvalue weighted by molar-refractivity contribution is -0.212. The Morgan fingerprint density at radius 2 is 1.67 bits per heavy atom. The van der Waals surface area contributed by atoms with Crippen LogP contribution in [0, 0.1) is 35.5 Å². The number of ether oxygens (including phenoxy) is 3. The second-order valence-electron chi connectivity index (χ2n) is 23.6. The van der Waals surface area contributed by atoms with Gasteiger partial charge in [0.25, 0.3) is 0 Å². The monoisotopic (exact) mass is 1040 g/mol. The van der Waals surface area contributed by atoms with Gasteiger partial charge in [-0.05, 0) is 153 Å². The number of methoxy groups -OCH3 is 1. The number of benzene rings is 3. The molecule has 0 radical (unpaired) electrons. The minimum absolute atomic E-state index is 0.0363. The van der Waals surface area contributed by atoms with Crippen molar-refractivity contribution in [3.8, 4) is 23.3 Å². The molecule has 8 N–H and O–H groups in total. The Balaban J connectivity index is 1.22. The number of esters is 2. The van der Waals surface area contributed by atoms with Crippen LogP contribution in [0.25, 0.3) is 0 Å². The van der Waals surface area contributed by atoms with Gasteiger partial charge in [0.15, 0.2) is 0 Å². The van der Waals surface area contributed by atoms with E-state index in [-0.39, 0.29) is 92.6 Å². The Morgan fingerprint density at radius 1 is 0.882 bits per heavy atom. The summed E-state index contributed by atoms with van der Waals surface area (Å²) >= 11 is 0. The Hall–Kier alpha value is -5.11.